The Hall–Kier alpha value is -2.82. The minimum atomic E-state index is -0.209. The third-order valence-corrected chi connectivity index (χ3v) is 5.04. The van der Waals surface area contributed by atoms with Crippen LogP contribution < -0.4 is 10.1 Å². The SMILES string of the molecule is CC(=O)N1CCc2ccc(NC(=O)COc3ccc(C(C)(C)C)cc3)cc2C1. The van der Waals surface area contributed by atoms with E-state index in [4.69, 9.17) is 4.74 Å². The molecule has 5 heteroatoms. The molecule has 0 atom stereocenters. The van der Waals surface area contributed by atoms with E-state index in [9.17, 15) is 9.59 Å². The topological polar surface area (TPSA) is 58.6 Å². The van der Waals surface area contributed by atoms with E-state index in [-0.39, 0.29) is 23.8 Å². The molecular formula is C23H28N2O3. The maximum Gasteiger partial charge on any atom is 0.262 e. The first-order valence-corrected chi connectivity index (χ1v) is 9.63. The first-order chi connectivity index (χ1) is 13.2. The van der Waals surface area contributed by atoms with Gasteiger partial charge in [0.1, 0.15) is 5.75 Å². The number of benzene rings is 2. The van der Waals surface area contributed by atoms with E-state index >= 15 is 0 Å². The summed E-state index contributed by atoms with van der Waals surface area (Å²) in [6.45, 7) is 9.34. The van der Waals surface area contributed by atoms with Crippen LogP contribution in [0.15, 0.2) is 42.5 Å². The third-order valence-electron chi connectivity index (χ3n) is 5.04. The van der Waals surface area contributed by atoms with E-state index in [0.717, 1.165) is 24.2 Å². The smallest absolute Gasteiger partial charge is 0.262 e. The summed E-state index contributed by atoms with van der Waals surface area (Å²) in [5, 5.41) is 2.87. The molecule has 2 aromatic carbocycles. The monoisotopic (exact) mass is 380 g/mol. The lowest BCUT2D eigenvalue weighted by Gasteiger charge is -2.28. The number of ether oxygens (including phenoxy) is 1. The van der Waals surface area contributed by atoms with Crippen LogP contribution in [0.1, 0.15) is 44.4 Å². The lowest BCUT2D eigenvalue weighted by atomic mass is 9.87. The molecule has 2 amide bonds. The molecule has 0 aromatic heterocycles. The summed E-state index contributed by atoms with van der Waals surface area (Å²) in [6, 6.07) is 13.7. The zero-order valence-corrected chi connectivity index (χ0v) is 17.0. The Morgan fingerprint density at radius 2 is 1.79 bits per heavy atom. The minimum Gasteiger partial charge on any atom is -0.484 e. The molecule has 2 aromatic rings. The Kier molecular flexibility index (Phi) is 5.73. The average Bonchev–Trinajstić information content (AvgIpc) is 2.65. The molecule has 0 aliphatic carbocycles. The number of carbonyl (C=O) groups excluding carboxylic acids is 2. The maximum atomic E-state index is 12.3. The van der Waals surface area contributed by atoms with Crippen LogP contribution in [0.5, 0.6) is 5.75 Å². The van der Waals surface area contributed by atoms with Gasteiger partial charge in [-0.05, 0) is 52.8 Å². The number of anilines is 1. The van der Waals surface area contributed by atoms with E-state index in [1.165, 1.54) is 11.1 Å². The van der Waals surface area contributed by atoms with Crippen molar-refractivity contribution < 1.29 is 14.3 Å². The van der Waals surface area contributed by atoms with Crippen LogP contribution >= 0.6 is 0 Å². The molecule has 0 unspecified atom stereocenters. The number of carbonyl (C=O) groups is 2. The molecule has 3 rings (SSSR count). The van der Waals surface area contributed by atoms with Gasteiger partial charge in [-0.15, -0.1) is 0 Å². The number of nitrogens with zero attached hydrogens (tertiary/aromatic N) is 1. The van der Waals surface area contributed by atoms with Gasteiger partial charge in [0.25, 0.3) is 5.91 Å². The minimum absolute atomic E-state index is 0.0501. The summed E-state index contributed by atoms with van der Waals surface area (Å²) in [4.78, 5) is 25.7. The molecule has 28 heavy (non-hydrogen) atoms. The number of amides is 2. The van der Waals surface area contributed by atoms with Crippen molar-refractivity contribution in [2.75, 3.05) is 18.5 Å². The second-order valence-electron chi connectivity index (χ2n) is 8.29. The molecule has 0 radical (unpaired) electrons. The summed E-state index contributed by atoms with van der Waals surface area (Å²) >= 11 is 0. The predicted molar refractivity (Wildman–Crippen MR) is 111 cm³/mol. The molecule has 0 saturated carbocycles. The standard InChI is InChI=1S/C23H28N2O3/c1-16(26)25-12-11-17-5-8-20(13-18(17)14-25)24-22(27)15-28-21-9-6-19(7-10-21)23(2,3)4/h5-10,13H,11-12,14-15H2,1-4H3,(H,24,27). The van der Waals surface area contributed by atoms with E-state index in [2.05, 4.69) is 26.1 Å². The van der Waals surface area contributed by atoms with Crippen molar-refractivity contribution in [2.45, 2.75) is 46.1 Å². The van der Waals surface area contributed by atoms with Crippen molar-refractivity contribution in [3.05, 3.63) is 59.2 Å². The molecular weight excluding hydrogens is 352 g/mol. The highest BCUT2D eigenvalue weighted by Crippen LogP contribution is 2.25. The van der Waals surface area contributed by atoms with Crippen molar-refractivity contribution in [1.29, 1.82) is 0 Å². The van der Waals surface area contributed by atoms with Gasteiger partial charge in [0, 0.05) is 25.7 Å². The molecule has 0 bridgehead atoms. The number of nitrogens with one attached hydrogen (secondary N) is 1. The molecule has 1 N–H and O–H groups in total. The number of fused-ring (bicyclic) bond motifs is 1. The second kappa shape index (κ2) is 8.05. The average molecular weight is 380 g/mol. The van der Waals surface area contributed by atoms with Gasteiger partial charge in [-0.1, -0.05) is 39.0 Å². The van der Waals surface area contributed by atoms with E-state index in [1.807, 2.05) is 47.4 Å². The van der Waals surface area contributed by atoms with Gasteiger partial charge in [-0.25, -0.2) is 0 Å². The largest absolute Gasteiger partial charge is 0.484 e. The highest BCUT2D eigenvalue weighted by atomic mass is 16.5. The van der Waals surface area contributed by atoms with Crippen LogP contribution in [-0.2, 0) is 28.0 Å². The Bertz CT molecular complexity index is 866. The Balaban J connectivity index is 1.57. The van der Waals surface area contributed by atoms with Crippen LogP contribution in [0, 0.1) is 0 Å². The summed E-state index contributed by atoms with van der Waals surface area (Å²) in [7, 11) is 0. The van der Waals surface area contributed by atoms with Crippen molar-refractivity contribution in [3.8, 4) is 5.75 Å². The summed E-state index contributed by atoms with van der Waals surface area (Å²) in [5.74, 6) is 0.538. The molecule has 5 nitrogen and oxygen atoms in total. The van der Waals surface area contributed by atoms with Gasteiger partial charge in [0.2, 0.25) is 5.91 Å². The van der Waals surface area contributed by atoms with Crippen molar-refractivity contribution in [1.82, 2.24) is 4.90 Å². The van der Waals surface area contributed by atoms with Crippen molar-refractivity contribution in [2.24, 2.45) is 0 Å². The van der Waals surface area contributed by atoms with E-state index in [1.54, 1.807) is 6.92 Å². The Morgan fingerprint density at radius 1 is 1.07 bits per heavy atom. The fourth-order valence-electron chi connectivity index (χ4n) is 3.30. The van der Waals surface area contributed by atoms with E-state index in [0.29, 0.717) is 12.3 Å². The molecule has 0 spiro atoms. The van der Waals surface area contributed by atoms with Crippen molar-refractivity contribution in [3.63, 3.8) is 0 Å². The summed E-state index contributed by atoms with van der Waals surface area (Å²) in [6.07, 6.45) is 0.844. The van der Waals surface area contributed by atoms with Gasteiger partial charge in [-0.3, -0.25) is 9.59 Å². The van der Waals surface area contributed by atoms with Gasteiger partial charge >= 0.3 is 0 Å². The van der Waals surface area contributed by atoms with Crippen LogP contribution in [-0.4, -0.2) is 29.9 Å². The highest BCUT2D eigenvalue weighted by Gasteiger charge is 2.18. The zero-order valence-electron chi connectivity index (χ0n) is 17.0. The van der Waals surface area contributed by atoms with Gasteiger partial charge < -0.3 is 15.0 Å². The van der Waals surface area contributed by atoms with Crippen LogP contribution in [0.2, 0.25) is 0 Å². The third kappa shape index (κ3) is 4.91. The molecule has 0 saturated heterocycles. The van der Waals surface area contributed by atoms with Gasteiger partial charge in [0.15, 0.2) is 6.61 Å². The number of hydrogen-bond acceptors (Lipinski definition) is 3. The number of rotatable bonds is 4. The molecule has 1 heterocycles. The Morgan fingerprint density at radius 3 is 2.43 bits per heavy atom. The maximum absolute atomic E-state index is 12.3. The molecule has 148 valence electrons. The quantitative estimate of drug-likeness (QED) is 0.875. The van der Waals surface area contributed by atoms with Crippen molar-refractivity contribution >= 4 is 17.5 Å². The molecule has 0 fully saturated rings. The van der Waals surface area contributed by atoms with Gasteiger partial charge in [0.05, 0.1) is 0 Å². The summed E-state index contributed by atoms with van der Waals surface area (Å²) in [5.41, 5.74) is 4.34. The fourth-order valence-corrected chi connectivity index (χ4v) is 3.30. The van der Waals surface area contributed by atoms with Crippen LogP contribution in [0.4, 0.5) is 5.69 Å². The molecule has 1 aliphatic heterocycles. The first-order valence-electron chi connectivity index (χ1n) is 9.63. The first kappa shape index (κ1) is 19.9. The normalized spacial score (nSPS) is 13.6. The number of hydrogen-bond donors (Lipinski definition) is 1. The van der Waals surface area contributed by atoms with Crippen LogP contribution in [0.3, 0.4) is 0 Å². The zero-order chi connectivity index (χ0) is 20.3. The predicted octanol–water partition coefficient (Wildman–Crippen LogP) is 3.91. The van der Waals surface area contributed by atoms with E-state index < -0.39 is 0 Å². The fraction of sp³-hybridized carbons (Fsp3) is 0.391. The van der Waals surface area contributed by atoms with Crippen LogP contribution in [0.25, 0.3) is 0 Å². The lowest BCUT2D eigenvalue weighted by molar-refractivity contribution is -0.129. The second-order valence-corrected chi connectivity index (χ2v) is 8.29. The van der Waals surface area contributed by atoms with Gasteiger partial charge in [-0.2, -0.15) is 0 Å². The summed E-state index contributed by atoms with van der Waals surface area (Å²) < 4.78 is 5.60. The highest BCUT2D eigenvalue weighted by molar-refractivity contribution is 5.92. The Labute approximate surface area is 166 Å². The lowest BCUT2D eigenvalue weighted by Crippen LogP contribution is -2.34. The molecule has 1 aliphatic rings.